The predicted octanol–water partition coefficient (Wildman–Crippen LogP) is 2.24. The van der Waals surface area contributed by atoms with Crippen LogP contribution in [0.3, 0.4) is 0 Å². The van der Waals surface area contributed by atoms with Crippen LogP contribution in [0.5, 0.6) is 0 Å². The van der Waals surface area contributed by atoms with E-state index in [9.17, 15) is 4.79 Å². The van der Waals surface area contributed by atoms with Crippen LogP contribution in [0.25, 0.3) is 0 Å². The van der Waals surface area contributed by atoms with E-state index in [1.807, 2.05) is 18.2 Å². The maximum Gasteiger partial charge on any atom is 0.142 e. The number of hydrogen-bond acceptors (Lipinski definition) is 2. The van der Waals surface area contributed by atoms with Gasteiger partial charge in [0.1, 0.15) is 6.29 Å². The van der Waals surface area contributed by atoms with Crippen LogP contribution in [0.1, 0.15) is 19.3 Å². The molecule has 1 fully saturated rings. The Morgan fingerprint density at radius 3 is 2.71 bits per heavy atom. The molecule has 2 nitrogen and oxygen atoms in total. The zero-order valence-electron chi connectivity index (χ0n) is 8.23. The van der Waals surface area contributed by atoms with Gasteiger partial charge in [-0.3, -0.25) is 0 Å². The van der Waals surface area contributed by atoms with Crippen molar-refractivity contribution in [1.29, 1.82) is 0 Å². The molecule has 0 radical (unpaired) electrons. The highest BCUT2D eigenvalue weighted by Crippen LogP contribution is 2.23. The van der Waals surface area contributed by atoms with Crippen molar-refractivity contribution < 1.29 is 4.79 Å². The molecule has 0 spiro atoms. The lowest BCUT2D eigenvalue weighted by atomic mass is 10.0. The number of hydrogen-bond donors (Lipinski definition) is 0. The maximum absolute atomic E-state index is 10.9. The minimum atomic E-state index is 0.0890. The van der Waals surface area contributed by atoms with Gasteiger partial charge in [0, 0.05) is 12.2 Å². The van der Waals surface area contributed by atoms with Crippen molar-refractivity contribution in [3.05, 3.63) is 30.3 Å². The first-order chi connectivity index (χ1) is 6.92. The summed E-state index contributed by atoms with van der Waals surface area (Å²) in [5, 5.41) is 0. The normalized spacial score (nSPS) is 22.0. The number of aldehydes is 1. The van der Waals surface area contributed by atoms with E-state index in [0.717, 1.165) is 19.3 Å². The molecule has 2 rings (SSSR count). The van der Waals surface area contributed by atoms with Gasteiger partial charge in [0.2, 0.25) is 0 Å². The molecule has 74 valence electrons. The first-order valence-corrected chi connectivity index (χ1v) is 5.19. The summed E-state index contributed by atoms with van der Waals surface area (Å²) in [5.74, 6) is 0. The number of carbonyl (C=O) groups excluding carboxylic acids is 1. The van der Waals surface area contributed by atoms with E-state index in [1.165, 1.54) is 18.5 Å². The monoisotopic (exact) mass is 189 g/mol. The molecule has 1 saturated heterocycles. The molecule has 0 bridgehead atoms. The molecule has 0 N–H and O–H groups in total. The number of rotatable bonds is 2. The summed E-state index contributed by atoms with van der Waals surface area (Å²) >= 11 is 0. The van der Waals surface area contributed by atoms with Gasteiger partial charge >= 0.3 is 0 Å². The lowest BCUT2D eigenvalue weighted by Gasteiger charge is -2.34. The van der Waals surface area contributed by atoms with E-state index >= 15 is 0 Å². The van der Waals surface area contributed by atoms with Crippen molar-refractivity contribution in [3.63, 3.8) is 0 Å². The molecule has 1 aliphatic rings. The van der Waals surface area contributed by atoms with Crippen molar-refractivity contribution >= 4 is 12.0 Å². The third-order valence-electron chi connectivity index (χ3n) is 2.79. The number of piperidine rings is 1. The SMILES string of the molecule is O=C[C@H]1CCCCN1c1ccccc1. The van der Waals surface area contributed by atoms with E-state index in [1.54, 1.807) is 0 Å². The van der Waals surface area contributed by atoms with Gasteiger partial charge in [-0.1, -0.05) is 18.2 Å². The van der Waals surface area contributed by atoms with Crippen molar-refractivity contribution in [2.75, 3.05) is 11.4 Å². The highest BCUT2D eigenvalue weighted by atomic mass is 16.1. The zero-order chi connectivity index (χ0) is 9.80. The second-order valence-electron chi connectivity index (χ2n) is 3.73. The first-order valence-electron chi connectivity index (χ1n) is 5.19. The number of nitrogens with zero attached hydrogens (tertiary/aromatic N) is 1. The van der Waals surface area contributed by atoms with E-state index in [4.69, 9.17) is 0 Å². The van der Waals surface area contributed by atoms with Crippen LogP contribution in [0.15, 0.2) is 30.3 Å². The molecule has 2 heteroatoms. The third-order valence-corrected chi connectivity index (χ3v) is 2.79. The van der Waals surface area contributed by atoms with Gasteiger partial charge in [0.05, 0.1) is 6.04 Å². The second kappa shape index (κ2) is 4.27. The van der Waals surface area contributed by atoms with Crippen LogP contribution in [0.2, 0.25) is 0 Å². The number of carbonyl (C=O) groups is 1. The number of anilines is 1. The van der Waals surface area contributed by atoms with Crippen molar-refractivity contribution in [1.82, 2.24) is 0 Å². The van der Waals surface area contributed by atoms with Crippen LogP contribution in [-0.4, -0.2) is 18.9 Å². The van der Waals surface area contributed by atoms with Gasteiger partial charge in [-0.2, -0.15) is 0 Å². The van der Waals surface area contributed by atoms with Crippen LogP contribution >= 0.6 is 0 Å². The Balaban J connectivity index is 2.19. The van der Waals surface area contributed by atoms with Crippen LogP contribution in [-0.2, 0) is 4.79 Å². The standard InChI is InChI=1S/C12H15NO/c14-10-12-8-4-5-9-13(12)11-6-2-1-3-7-11/h1-3,6-7,10,12H,4-5,8-9H2/t12-/m1/s1. The van der Waals surface area contributed by atoms with Crippen molar-refractivity contribution in [2.45, 2.75) is 25.3 Å². The fraction of sp³-hybridized carbons (Fsp3) is 0.417. The van der Waals surface area contributed by atoms with Gasteiger partial charge < -0.3 is 9.69 Å². The summed E-state index contributed by atoms with van der Waals surface area (Å²) in [5.41, 5.74) is 1.17. The Bertz CT molecular complexity index is 296. The van der Waals surface area contributed by atoms with Crippen LogP contribution in [0, 0.1) is 0 Å². The summed E-state index contributed by atoms with van der Waals surface area (Å²) in [6.45, 7) is 1.01. The summed E-state index contributed by atoms with van der Waals surface area (Å²) in [4.78, 5) is 13.1. The summed E-state index contributed by atoms with van der Waals surface area (Å²) < 4.78 is 0. The molecule has 1 aromatic rings. The quantitative estimate of drug-likeness (QED) is 0.665. The highest BCUT2D eigenvalue weighted by Gasteiger charge is 2.21. The smallest absolute Gasteiger partial charge is 0.142 e. The van der Waals surface area contributed by atoms with E-state index in [-0.39, 0.29) is 6.04 Å². The van der Waals surface area contributed by atoms with Gasteiger partial charge in [0.15, 0.2) is 0 Å². The topological polar surface area (TPSA) is 20.3 Å². The first kappa shape index (κ1) is 9.25. The lowest BCUT2D eigenvalue weighted by molar-refractivity contribution is -0.109. The summed E-state index contributed by atoms with van der Waals surface area (Å²) in [6.07, 6.45) is 4.44. The van der Waals surface area contributed by atoms with Gasteiger partial charge in [-0.15, -0.1) is 0 Å². The molecular weight excluding hydrogens is 174 g/mol. The fourth-order valence-corrected chi connectivity index (χ4v) is 2.04. The molecule has 1 aliphatic heterocycles. The van der Waals surface area contributed by atoms with E-state index in [2.05, 4.69) is 17.0 Å². The highest BCUT2D eigenvalue weighted by molar-refractivity contribution is 5.66. The Morgan fingerprint density at radius 2 is 2.00 bits per heavy atom. The van der Waals surface area contributed by atoms with Gasteiger partial charge in [-0.05, 0) is 31.4 Å². The van der Waals surface area contributed by atoms with Gasteiger partial charge in [-0.25, -0.2) is 0 Å². The molecule has 1 atom stereocenters. The summed E-state index contributed by atoms with van der Waals surface area (Å²) in [6, 6.07) is 10.3. The average Bonchev–Trinajstić information content (AvgIpc) is 2.30. The number of para-hydroxylation sites is 1. The molecule has 0 unspecified atom stereocenters. The average molecular weight is 189 g/mol. The molecule has 0 amide bonds. The molecule has 1 heterocycles. The Hall–Kier alpha value is -1.31. The minimum Gasteiger partial charge on any atom is -0.362 e. The third kappa shape index (κ3) is 1.79. The largest absolute Gasteiger partial charge is 0.362 e. The molecule has 1 aromatic carbocycles. The molecule has 14 heavy (non-hydrogen) atoms. The van der Waals surface area contributed by atoms with Crippen LogP contribution < -0.4 is 4.90 Å². The minimum absolute atomic E-state index is 0.0890. The second-order valence-corrected chi connectivity index (χ2v) is 3.73. The van der Waals surface area contributed by atoms with E-state index < -0.39 is 0 Å². The molecule has 0 aliphatic carbocycles. The van der Waals surface area contributed by atoms with E-state index in [0.29, 0.717) is 0 Å². The van der Waals surface area contributed by atoms with Crippen LogP contribution in [0.4, 0.5) is 5.69 Å². The van der Waals surface area contributed by atoms with Gasteiger partial charge in [0.25, 0.3) is 0 Å². The number of benzene rings is 1. The molecule has 0 saturated carbocycles. The Kier molecular flexibility index (Phi) is 2.82. The maximum atomic E-state index is 10.9. The lowest BCUT2D eigenvalue weighted by Crippen LogP contribution is -2.40. The van der Waals surface area contributed by atoms with Crippen molar-refractivity contribution in [2.24, 2.45) is 0 Å². The van der Waals surface area contributed by atoms with Crippen molar-refractivity contribution in [3.8, 4) is 0 Å². The Labute approximate surface area is 84.5 Å². The molecule has 0 aromatic heterocycles. The zero-order valence-corrected chi connectivity index (χ0v) is 8.23. The predicted molar refractivity (Wildman–Crippen MR) is 57.5 cm³/mol. The fourth-order valence-electron chi connectivity index (χ4n) is 2.04. The summed E-state index contributed by atoms with van der Waals surface area (Å²) in [7, 11) is 0. The molecular formula is C12H15NO. The Morgan fingerprint density at radius 1 is 1.21 bits per heavy atom.